The Labute approximate surface area is 99.0 Å². The maximum Gasteiger partial charge on any atom is 0.236 e. The monoisotopic (exact) mass is 238 g/mol. The zero-order chi connectivity index (χ0) is 12.3. The van der Waals surface area contributed by atoms with Gasteiger partial charge in [-0.3, -0.25) is 10.2 Å². The van der Waals surface area contributed by atoms with Crippen molar-refractivity contribution in [3.8, 4) is 0 Å². The van der Waals surface area contributed by atoms with Gasteiger partial charge >= 0.3 is 0 Å². The Bertz CT molecular complexity index is 411. The zero-order valence-corrected chi connectivity index (χ0v) is 9.40. The number of aliphatic hydroxyl groups excluding tert-OH is 1. The van der Waals surface area contributed by atoms with E-state index >= 15 is 0 Å². The summed E-state index contributed by atoms with van der Waals surface area (Å²) >= 11 is 0. The molecule has 2 N–H and O–H groups in total. The Morgan fingerprint density at radius 2 is 2.35 bits per heavy atom. The van der Waals surface area contributed by atoms with E-state index in [9.17, 15) is 9.18 Å². The molecule has 1 heterocycles. The number of hydrogen-bond donors (Lipinski definition) is 2. The number of aliphatic hydroxyl groups is 1. The smallest absolute Gasteiger partial charge is 0.236 e. The number of benzene rings is 1. The molecule has 0 saturated carbocycles. The van der Waals surface area contributed by atoms with Crippen LogP contribution in [-0.2, 0) is 4.79 Å². The third kappa shape index (κ3) is 2.81. The summed E-state index contributed by atoms with van der Waals surface area (Å²) in [5.41, 5.74) is 3.50. The number of carbonyl (C=O) groups excluding carboxylic acids is 1. The molecule has 1 unspecified atom stereocenters. The van der Waals surface area contributed by atoms with E-state index in [0.29, 0.717) is 19.4 Å². The topological polar surface area (TPSA) is 52.6 Å². The molecule has 0 bridgehead atoms. The van der Waals surface area contributed by atoms with Crippen LogP contribution in [0.3, 0.4) is 0 Å². The minimum atomic E-state index is -0.302. The van der Waals surface area contributed by atoms with Crippen molar-refractivity contribution in [2.45, 2.75) is 18.9 Å². The summed E-state index contributed by atoms with van der Waals surface area (Å²) in [6, 6.07) is 6.12. The van der Waals surface area contributed by atoms with E-state index in [-0.39, 0.29) is 24.4 Å². The molecule has 1 aliphatic rings. The average molecular weight is 238 g/mol. The Morgan fingerprint density at radius 1 is 1.53 bits per heavy atom. The van der Waals surface area contributed by atoms with E-state index in [0.717, 1.165) is 5.56 Å². The normalized spacial score (nSPS) is 20.6. The van der Waals surface area contributed by atoms with E-state index in [4.69, 9.17) is 5.11 Å². The lowest BCUT2D eigenvalue weighted by atomic mass is 10.0. The second kappa shape index (κ2) is 5.25. The molecule has 1 atom stereocenters. The summed E-state index contributed by atoms with van der Waals surface area (Å²) < 4.78 is 13.1. The zero-order valence-electron chi connectivity index (χ0n) is 9.40. The maximum atomic E-state index is 13.1. The number of hydrazine groups is 1. The van der Waals surface area contributed by atoms with Gasteiger partial charge in [-0.05, 0) is 24.1 Å². The fraction of sp³-hybridized carbons (Fsp3) is 0.417. The van der Waals surface area contributed by atoms with Gasteiger partial charge < -0.3 is 5.11 Å². The van der Waals surface area contributed by atoms with Gasteiger partial charge in [0.2, 0.25) is 5.91 Å². The van der Waals surface area contributed by atoms with Crippen LogP contribution in [0.25, 0.3) is 0 Å². The van der Waals surface area contributed by atoms with E-state index < -0.39 is 0 Å². The molecule has 4 nitrogen and oxygen atoms in total. The number of halogens is 1. The highest BCUT2D eigenvalue weighted by molar-refractivity contribution is 5.78. The van der Waals surface area contributed by atoms with Crippen LogP contribution in [-0.4, -0.2) is 29.2 Å². The largest absolute Gasteiger partial charge is 0.396 e. The van der Waals surface area contributed by atoms with Crippen LogP contribution < -0.4 is 5.43 Å². The molecule has 0 aliphatic carbocycles. The molecule has 2 rings (SSSR count). The van der Waals surface area contributed by atoms with Crippen molar-refractivity contribution in [1.82, 2.24) is 10.4 Å². The highest BCUT2D eigenvalue weighted by Gasteiger charge is 2.30. The molecule has 1 fully saturated rings. The van der Waals surface area contributed by atoms with E-state index in [1.165, 1.54) is 12.1 Å². The Hall–Kier alpha value is -1.46. The van der Waals surface area contributed by atoms with Gasteiger partial charge in [-0.25, -0.2) is 9.40 Å². The van der Waals surface area contributed by atoms with Crippen molar-refractivity contribution in [2.24, 2.45) is 0 Å². The molecular formula is C12H15FN2O2. The Balaban J connectivity index is 2.14. The summed E-state index contributed by atoms with van der Waals surface area (Å²) in [6.45, 7) is 0.631. The van der Waals surface area contributed by atoms with Crippen LogP contribution in [0.1, 0.15) is 24.4 Å². The number of hydrogen-bond acceptors (Lipinski definition) is 3. The van der Waals surface area contributed by atoms with E-state index in [2.05, 4.69) is 5.43 Å². The van der Waals surface area contributed by atoms with Gasteiger partial charge in [0, 0.05) is 19.6 Å². The van der Waals surface area contributed by atoms with Gasteiger partial charge in [0.15, 0.2) is 0 Å². The van der Waals surface area contributed by atoms with Gasteiger partial charge in [0.25, 0.3) is 0 Å². The van der Waals surface area contributed by atoms with Gasteiger partial charge in [-0.1, -0.05) is 12.1 Å². The molecule has 1 aromatic carbocycles. The van der Waals surface area contributed by atoms with Gasteiger partial charge in [-0.15, -0.1) is 0 Å². The Morgan fingerprint density at radius 3 is 3.06 bits per heavy atom. The second-order valence-electron chi connectivity index (χ2n) is 4.08. The van der Waals surface area contributed by atoms with E-state index in [1.807, 2.05) is 0 Å². The first-order valence-electron chi connectivity index (χ1n) is 5.63. The minimum Gasteiger partial charge on any atom is -0.396 e. The lowest BCUT2D eigenvalue weighted by Gasteiger charge is -2.23. The predicted octanol–water partition coefficient (Wildman–Crippen LogP) is 0.986. The van der Waals surface area contributed by atoms with Crippen molar-refractivity contribution in [1.29, 1.82) is 0 Å². The molecular weight excluding hydrogens is 223 g/mol. The highest BCUT2D eigenvalue weighted by atomic mass is 19.1. The van der Waals surface area contributed by atoms with Gasteiger partial charge in [0.1, 0.15) is 5.82 Å². The van der Waals surface area contributed by atoms with Gasteiger partial charge in [0.05, 0.1) is 6.04 Å². The van der Waals surface area contributed by atoms with Crippen LogP contribution in [0.15, 0.2) is 24.3 Å². The number of carbonyl (C=O) groups is 1. The molecule has 1 amide bonds. The third-order valence-corrected chi connectivity index (χ3v) is 2.81. The van der Waals surface area contributed by atoms with E-state index in [1.54, 1.807) is 17.1 Å². The predicted molar refractivity (Wildman–Crippen MR) is 60.3 cm³/mol. The first-order chi connectivity index (χ1) is 8.20. The average Bonchev–Trinajstić information content (AvgIpc) is 2.68. The maximum absolute atomic E-state index is 13.1. The van der Waals surface area contributed by atoms with Crippen LogP contribution in [0, 0.1) is 5.82 Å². The second-order valence-corrected chi connectivity index (χ2v) is 4.08. The van der Waals surface area contributed by atoms with Crippen LogP contribution >= 0.6 is 0 Å². The summed E-state index contributed by atoms with van der Waals surface area (Å²) in [7, 11) is 0. The Kier molecular flexibility index (Phi) is 3.71. The molecule has 5 heteroatoms. The number of nitrogens with zero attached hydrogens (tertiary/aromatic N) is 1. The molecule has 17 heavy (non-hydrogen) atoms. The molecule has 1 aromatic rings. The van der Waals surface area contributed by atoms with Crippen LogP contribution in [0.5, 0.6) is 0 Å². The molecule has 1 saturated heterocycles. The fourth-order valence-electron chi connectivity index (χ4n) is 2.03. The lowest BCUT2D eigenvalue weighted by molar-refractivity contribution is -0.121. The van der Waals surface area contributed by atoms with Crippen molar-refractivity contribution >= 4 is 5.91 Å². The minimum absolute atomic E-state index is 0.0717. The summed E-state index contributed by atoms with van der Waals surface area (Å²) in [5, 5.41) is 10.6. The van der Waals surface area contributed by atoms with Crippen LogP contribution in [0.2, 0.25) is 0 Å². The van der Waals surface area contributed by atoms with Crippen LogP contribution in [0.4, 0.5) is 4.39 Å². The summed E-state index contributed by atoms with van der Waals surface area (Å²) in [6.07, 6.45) is 0.904. The molecule has 1 aliphatic heterocycles. The summed E-state index contributed by atoms with van der Waals surface area (Å²) in [4.78, 5) is 11.4. The van der Waals surface area contributed by atoms with Crippen molar-refractivity contribution in [3.63, 3.8) is 0 Å². The molecule has 0 spiro atoms. The molecule has 92 valence electrons. The third-order valence-electron chi connectivity index (χ3n) is 2.81. The quantitative estimate of drug-likeness (QED) is 0.822. The van der Waals surface area contributed by atoms with Crippen molar-refractivity contribution in [2.75, 3.05) is 13.2 Å². The summed E-state index contributed by atoms with van der Waals surface area (Å²) in [5.74, 6) is -0.374. The number of amides is 1. The SMILES string of the molecule is O=C1CC(c2cccc(F)c2)N(CCCO)N1. The fourth-order valence-corrected chi connectivity index (χ4v) is 2.03. The first kappa shape index (κ1) is 12.0. The molecule has 0 radical (unpaired) electrons. The van der Waals surface area contributed by atoms with Crippen molar-refractivity contribution in [3.05, 3.63) is 35.6 Å². The number of nitrogens with one attached hydrogen (secondary N) is 1. The van der Waals surface area contributed by atoms with Crippen molar-refractivity contribution < 1.29 is 14.3 Å². The standard InChI is InChI=1S/C12H15FN2O2/c13-10-4-1-3-9(7-10)11-8-12(17)14-15(11)5-2-6-16/h1,3-4,7,11,16H,2,5-6,8H2,(H,14,17). The van der Waals surface area contributed by atoms with Gasteiger partial charge in [-0.2, -0.15) is 0 Å². The first-order valence-corrected chi connectivity index (χ1v) is 5.63. The highest BCUT2D eigenvalue weighted by Crippen LogP contribution is 2.27. The lowest BCUT2D eigenvalue weighted by Crippen LogP contribution is -2.35. The molecule has 0 aromatic heterocycles. The number of rotatable bonds is 4.